The highest BCUT2D eigenvalue weighted by atomic mass is 32.2. The second-order valence-electron chi connectivity index (χ2n) is 8.83. The Bertz CT molecular complexity index is 1750. The molecule has 0 aliphatic carbocycles. The zero-order valence-electron chi connectivity index (χ0n) is 21.1. The highest BCUT2D eigenvalue weighted by Gasteiger charge is 2.12. The van der Waals surface area contributed by atoms with Crippen LogP contribution < -0.4 is 15.2 Å². The first-order chi connectivity index (χ1) is 18.7. The lowest BCUT2D eigenvalue weighted by Gasteiger charge is -2.10. The maximum absolute atomic E-state index is 12.8. The van der Waals surface area contributed by atoms with Crippen LogP contribution in [0.3, 0.4) is 0 Å². The fraction of sp³-hybridized carbons (Fsp3) is 0.0690. The number of carbonyl (C=O) groups excluding carboxylic acids is 1. The first-order valence-electron chi connectivity index (χ1n) is 11.9. The van der Waals surface area contributed by atoms with Crippen molar-refractivity contribution in [1.82, 2.24) is 10.2 Å². The number of anilines is 1. The molecule has 0 spiro atoms. The number of nitrogens with two attached hydrogens (primary N) is 1. The minimum atomic E-state index is -3.77. The van der Waals surface area contributed by atoms with Gasteiger partial charge in [0.25, 0.3) is 5.91 Å². The molecule has 39 heavy (non-hydrogen) atoms. The quantitative estimate of drug-likeness (QED) is 0.270. The lowest BCUT2D eigenvalue weighted by Crippen LogP contribution is -2.11. The van der Waals surface area contributed by atoms with E-state index in [2.05, 4.69) is 15.5 Å². The normalized spacial score (nSPS) is 11.3. The molecule has 0 atom stereocenters. The van der Waals surface area contributed by atoms with E-state index in [0.717, 1.165) is 22.3 Å². The number of hydrogen-bond donors (Lipinski definition) is 2. The number of benzene rings is 4. The predicted molar refractivity (Wildman–Crippen MR) is 147 cm³/mol. The summed E-state index contributed by atoms with van der Waals surface area (Å²) in [7, 11) is -3.77. The van der Waals surface area contributed by atoms with Gasteiger partial charge in [0.05, 0.1) is 4.90 Å². The molecule has 10 heteroatoms. The Hall–Kier alpha value is -4.80. The molecule has 4 aromatic carbocycles. The number of primary sulfonamides is 1. The van der Waals surface area contributed by atoms with Crippen molar-refractivity contribution < 1.29 is 22.4 Å². The van der Waals surface area contributed by atoms with Gasteiger partial charge in [-0.15, -0.1) is 10.2 Å². The van der Waals surface area contributed by atoms with Gasteiger partial charge in [-0.25, -0.2) is 13.6 Å². The van der Waals surface area contributed by atoms with E-state index in [1.54, 1.807) is 43.3 Å². The van der Waals surface area contributed by atoms with Gasteiger partial charge in [-0.3, -0.25) is 4.79 Å². The summed E-state index contributed by atoms with van der Waals surface area (Å²) in [6.07, 6.45) is 0. The molecule has 0 saturated heterocycles. The zero-order valence-corrected chi connectivity index (χ0v) is 21.9. The van der Waals surface area contributed by atoms with Crippen LogP contribution in [0.2, 0.25) is 0 Å². The fourth-order valence-electron chi connectivity index (χ4n) is 3.92. The molecule has 1 aromatic heterocycles. The molecule has 9 nitrogen and oxygen atoms in total. The molecule has 0 saturated carbocycles. The van der Waals surface area contributed by atoms with E-state index in [4.69, 9.17) is 14.3 Å². The SMILES string of the molecule is Cc1nnc(-c2ccc(C)c(-c3ccc(C(=O)Nc4ccc(Oc5ccc(S(N)(=O)=O)cc5)cc4)cc3)c2)o1. The van der Waals surface area contributed by atoms with Gasteiger partial charge in [-0.1, -0.05) is 18.2 Å². The van der Waals surface area contributed by atoms with Crippen molar-refractivity contribution in [1.29, 1.82) is 0 Å². The molecule has 0 radical (unpaired) electrons. The van der Waals surface area contributed by atoms with Crippen molar-refractivity contribution in [2.75, 3.05) is 5.32 Å². The van der Waals surface area contributed by atoms with Crippen LogP contribution in [0.4, 0.5) is 5.69 Å². The number of nitrogens with one attached hydrogen (secondary N) is 1. The minimum Gasteiger partial charge on any atom is -0.457 e. The summed E-state index contributed by atoms with van der Waals surface area (Å²) in [5, 5.41) is 16.0. The van der Waals surface area contributed by atoms with E-state index in [9.17, 15) is 13.2 Å². The Kier molecular flexibility index (Phi) is 6.97. The largest absolute Gasteiger partial charge is 0.457 e. The third-order valence-corrected chi connectivity index (χ3v) is 6.90. The molecule has 5 rings (SSSR count). The standard InChI is InChI=1S/C29H24N4O5S/c1-18-3-4-22(29-33-32-19(2)37-29)17-27(18)20-5-7-21(8-6-20)28(34)31-23-9-11-24(12-10-23)38-25-13-15-26(16-14-25)39(30,35)36/h3-17H,1-2H3,(H,31,34)(H2,30,35,36). The summed E-state index contributed by atoms with van der Waals surface area (Å²) in [6.45, 7) is 3.77. The summed E-state index contributed by atoms with van der Waals surface area (Å²) >= 11 is 0. The first-order valence-corrected chi connectivity index (χ1v) is 13.4. The van der Waals surface area contributed by atoms with E-state index in [0.29, 0.717) is 34.5 Å². The molecular weight excluding hydrogens is 516 g/mol. The second-order valence-corrected chi connectivity index (χ2v) is 10.4. The van der Waals surface area contributed by atoms with Crippen LogP contribution >= 0.6 is 0 Å². The van der Waals surface area contributed by atoms with Gasteiger partial charge in [0, 0.05) is 23.7 Å². The van der Waals surface area contributed by atoms with Crippen molar-refractivity contribution in [3.8, 4) is 34.1 Å². The summed E-state index contributed by atoms with van der Waals surface area (Å²) in [5.41, 5.74) is 4.97. The zero-order chi connectivity index (χ0) is 27.6. The smallest absolute Gasteiger partial charge is 0.255 e. The number of carbonyl (C=O) groups is 1. The van der Waals surface area contributed by atoms with Crippen molar-refractivity contribution in [2.24, 2.45) is 5.14 Å². The van der Waals surface area contributed by atoms with E-state index < -0.39 is 10.0 Å². The highest BCUT2D eigenvalue weighted by molar-refractivity contribution is 7.89. The Labute approximate surface area is 225 Å². The van der Waals surface area contributed by atoms with Crippen molar-refractivity contribution in [3.05, 3.63) is 108 Å². The number of nitrogens with zero attached hydrogens (tertiary/aromatic N) is 2. The maximum atomic E-state index is 12.8. The van der Waals surface area contributed by atoms with Gasteiger partial charge in [-0.05, 0) is 96.4 Å². The molecule has 0 aliphatic heterocycles. The van der Waals surface area contributed by atoms with Gasteiger partial charge in [0.15, 0.2) is 0 Å². The summed E-state index contributed by atoms with van der Waals surface area (Å²) in [4.78, 5) is 12.8. The van der Waals surface area contributed by atoms with Crippen LogP contribution in [0.5, 0.6) is 11.5 Å². The Morgan fingerprint density at radius 1 is 0.821 bits per heavy atom. The number of aryl methyl sites for hydroxylation is 2. The number of sulfonamides is 1. The van der Waals surface area contributed by atoms with E-state index in [1.807, 2.05) is 37.3 Å². The summed E-state index contributed by atoms with van der Waals surface area (Å²) in [6, 6.07) is 25.9. The molecule has 0 bridgehead atoms. The van der Waals surface area contributed by atoms with E-state index in [-0.39, 0.29) is 10.8 Å². The monoisotopic (exact) mass is 540 g/mol. The second kappa shape index (κ2) is 10.5. The van der Waals surface area contributed by atoms with Crippen molar-refractivity contribution in [2.45, 2.75) is 18.7 Å². The molecule has 3 N–H and O–H groups in total. The van der Waals surface area contributed by atoms with Gasteiger partial charge >= 0.3 is 0 Å². The Morgan fingerprint density at radius 3 is 2.03 bits per heavy atom. The van der Waals surface area contributed by atoms with Crippen molar-refractivity contribution >= 4 is 21.6 Å². The third kappa shape index (κ3) is 6.03. The molecule has 1 heterocycles. The molecule has 0 fully saturated rings. The van der Waals surface area contributed by atoms with Crippen LogP contribution in [0, 0.1) is 13.8 Å². The van der Waals surface area contributed by atoms with E-state index in [1.165, 1.54) is 24.3 Å². The minimum absolute atomic E-state index is 0.00315. The average molecular weight is 541 g/mol. The van der Waals surface area contributed by atoms with Crippen LogP contribution in [-0.2, 0) is 10.0 Å². The molecule has 5 aromatic rings. The summed E-state index contributed by atoms with van der Waals surface area (Å²) < 4.78 is 34.0. The number of rotatable bonds is 7. The van der Waals surface area contributed by atoms with Gasteiger partial charge in [0.1, 0.15) is 11.5 Å². The molecular formula is C29H24N4O5S. The molecule has 1 amide bonds. The molecule has 196 valence electrons. The van der Waals surface area contributed by atoms with Crippen LogP contribution in [0.15, 0.2) is 100 Å². The average Bonchev–Trinajstić information content (AvgIpc) is 3.36. The molecule has 0 unspecified atom stereocenters. The highest BCUT2D eigenvalue weighted by Crippen LogP contribution is 2.29. The van der Waals surface area contributed by atoms with Gasteiger partial charge in [0.2, 0.25) is 21.8 Å². The predicted octanol–water partition coefficient (Wildman–Crippen LogP) is 5.71. The lowest BCUT2D eigenvalue weighted by atomic mass is 9.97. The number of amides is 1. The van der Waals surface area contributed by atoms with E-state index >= 15 is 0 Å². The number of hydrogen-bond acceptors (Lipinski definition) is 7. The van der Waals surface area contributed by atoms with Gasteiger partial charge < -0.3 is 14.5 Å². The maximum Gasteiger partial charge on any atom is 0.255 e. The topological polar surface area (TPSA) is 137 Å². The van der Waals surface area contributed by atoms with Crippen LogP contribution in [0.1, 0.15) is 21.8 Å². The van der Waals surface area contributed by atoms with Crippen LogP contribution in [-0.4, -0.2) is 24.5 Å². The Morgan fingerprint density at radius 2 is 1.44 bits per heavy atom. The number of aromatic nitrogens is 2. The van der Waals surface area contributed by atoms with Gasteiger partial charge in [-0.2, -0.15) is 0 Å². The molecule has 0 aliphatic rings. The Balaban J connectivity index is 1.24. The lowest BCUT2D eigenvalue weighted by molar-refractivity contribution is 0.102. The first kappa shape index (κ1) is 25.8. The third-order valence-electron chi connectivity index (χ3n) is 5.97. The number of ether oxygens (including phenoxy) is 1. The fourth-order valence-corrected chi connectivity index (χ4v) is 4.44. The summed E-state index contributed by atoms with van der Waals surface area (Å²) in [5.74, 6) is 1.68. The van der Waals surface area contributed by atoms with Crippen LogP contribution in [0.25, 0.3) is 22.6 Å². The van der Waals surface area contributed by atoms with Crippen molar-refractivity contribution in [3.63, 3.8) is 0 Å².